The summed E-state index contributed by atoms with van der Waals surface area (Å²) in [5.41, 5.74) is 4.55. The Labute approximate surface area is 202 Å². The number of esters is 1. The van der Waals surface area contributed by atoms with Gasteiger partial charge in [0, 0.05) is 40.3 Å². The van der Waals surface area contributed by atoms with Crippen LogP contribution >= 0.6 is 0 Å². The second-order valence-electron chi connectivity index (χ2n) is 8.21. The van der Waals surface area contributed by atoms with Gasteiger partial charge < -0.3 is 15.0 Å². The van der Waals surface area contributed by atoms with Gasteiger partial charge in [0.15, 0.2) is 0 Å². The maximum absolute atomic E-state index is 15.0. The number of ether oxygens (including phenoxy) is 1. The average molecular weight is 469 g/mol. The largest absolute Gasteiger partial charge is 0.465 e. The third-order valence-corrected chi connectivity index (χ3v) is 5.95. The monoisotopic (exact) mass is 468 g/mol. The molecule has 176 valence electrons. The van der Waals surface area contributed by atoms with Crippen LogP contribution in [0, 0.1) is 5.82 Å². The van der Waals surface area contributed by atoms with E-state index >= 15 is 0 Å². The number of amidine groups is 1. The van der Waals surface area contributed by atoms with Gasteiger partial charge in [-0.3, -0.25) is 14.8 Å². The molecule has 1 aliphatic heterocycles. The van der Waals surface area contributed by atoms with Crippen LogP contribution in [0.2, 0.25) is 0 Å². The molecule has 1 aliphatic rings. The van der Waals surface area contributed by atoms with Gasteiger partial charge in [0.25, 0.3) is 0 Å². The first-order chi connectivity index (χ1) is 17.1. The quantitative estimate of drug-likeness (QED) is 0.385. The lowest BCUT2D eigenvalue weighted by atomic mass is 10.00. The summed E-state index contributed by atoms with van der Waals surface area (Å²) in [5, 5.41) is 4.47. The molecule has 0 aliphatic carbocycles. The Bertz CT molecular complexity index is 1440. The lowest BCUT2D eigenvalue weighted by molar-refractivity contribution is -0.141. The molecule has 0 saturated carbocycles. The summed E-state index contributed by atoms with van der Waals surface area (Å²) in [5.74, 6) is -0.232. The molecule has 6 nitrogen and oxygen atoms in total. The highest BCUT2D eigenvalue weighted by Gasteiger charge is 2.26. The van der Waals surface area contributed by atoms with Gasteiger partial charge in [0.1, 0.15) is 24.2 Å². The third kappa shape index (κ3) is 4.71. The van der Waals surface area contributed by atoms with Crippen molar-refractivity contribution >= 4 is 34.1 Å². The van der Waals surface area contributed by atoms with Crippen LogP contribution in [0.4, 0.5) is 10.1 Å². The summed E-state index contributed by atoms with van der Waals surface area (Å²) in [6.45, 7) is 1.91. The molecule has 2 N–H and O–H groups in total. The number of fused-ring (bicyclic) bond motifs is 2. The van der Waals surface area contributed by atoms with E-state index in [9.17, 15) is 9.18 Å². The van der Waals surface area contributed by atoms with E-state index in [4.69, 9.17) is 9.73 Å². The van der Waals surface area contributed by atoms with Crippen LogP contribution < -0.4 is 5.32 Å². The lowest BCUT2D eigenvalue weighted by Crippen LogP contribution is -2.29. The molecule has 0 spiro atoms. The van der Waals surface area contributed by atoms with E-state index in [-0.39, 0.29) is 19.0 Å². The highest BCUT2D eigenvalue weighted by molar-refractivity contribution is 6.20. The number of hydrogen-bond acceptors (Lipinski definition) is 4. The van der Waals surface area contributed by atoms with E-state index in [0.717, 1.165) is 27.7 Å². The number of aliphatic imine (C=N–C) groups is 2. The molecule has 0 radical (unpaired) electrons. The minimum absolute atomic E-state index is 0.132. The normalized spacial score (nSPS) is 16.3. The predicted octanol–water partition coefficient (Wildman–Crippen LogP) is 5.14. The lowest BCUT2D eigenvalue weighted by Gasteiger charge is -2.16. The molecule has 4 aromatic rings. The number of aromatic amines is 1. The first-order valence-electron chi connectivity index (χ1n) is 11.6. The molecule has 5 rings (SSSR count). The topological polar surface area (TPSA) is 78.8 Å². The molecular weight excluding hydrogens is 443 g/mol. The molecule has 1 aromatic heterocycles. The number of aromatic nitrogens is 1. The van der Waals surface area contributed by atoms with E-state index in [0.29, 0.717) is 23.5 Å². The van der Waals surface area contributed by atoms with Crippen LogP contribution in [0.15, 0.2) is 89.0 Å². The molecule has 0 unspecified atom stereocenters. The molecule has 0 bridgehead atoms. The summed E-state index contributed by atoms with van der Waals surface area (Å²) < 4.78 is 20.0. The number of rotatable bonds is 6. The molecule has 3 aromatic carbocycles. The Morgan fingerprint density at radius 3 is 2.60 bits per heavy atom. The summed E-state index contributed by atoms with van der Waals surface area (Å²) in [7, 11) is 0. The number of benzodiazepines with no additional fused rings is 1. The number of carbonyl (C=O) groups excluding carboxylic acids is 1. The van der Waals surface area contributed by atoms with Crippen LogP contribution in [0.1, 0.15) is 23.6 Å². The summed E-state index contributed by atoms with van der Waals surface area (Å²) in [4.78, 5) is 25.0. The van der Waals surface area contributed by atoms with Crippen molar-refractivity contribution in [1.82, 2.24) is 4.98 Å². The molecule has 7 heteroatoms. The molecule has 0 saturated heterocycles. The minimum atomic E-state index is -0.481. The molecule has 0 amide bonds. The predicted molar refractivity (Wildman–Crippen MR) is 137 cm³/mol. The van der Waals surface area contributed by atoms with Crippen molar-refractivity contribution in [3.63, 3.8) is 0 Å². The SMILES string of the molecule is CCOC(=O)CN=C1Nc2ccccc2C(c2ccccc2F)=N[C@@H]1Cc1c[nH]c2ccccc12. The minimum Gasteiger partial charge on any atom is -0.465 e. The summed E-state index contributed by atoms with van der Waals surface area (Å²) in [6.07, 6.45) is 2.47. The van der Waals surface area contributed by atoms with Gasteiger partial charge in [0.2, 0.25) is 0 Å². The smallest absolute Gasteiger partial charge is 0.327 e. The maximum atomic E-state index is 15.0. The number of para-hydroxylation sites is 2. The Balaban J connectivity index is 1.64. The van der Waals surface area contributed by atoms with Crippen molar-refractivity contribution in [2.45, 2.75) is 19.4 Å². The maximum Gasteiger partial charge on any atom is 0.327 e. The van der Waals surface area contributed by atoms with Crippen LogP contribution in [0.3, 0.4) is 0 Å². The number of H-pyrrole nitrogens is 1. The fraction of sp³-hybridized carbons (Fsp3) is 0.179. The second kappa shape index (κ2) is 9.93. The fourth-order valence-electron chi connectivity index (χ4n) is 4.33. The Kier molecular flexibility index (Phi) is 6.39. The van der Waals surface area contributed by atoms with Gasteiger partial charge in [-0.2, -0.15) is 0 Å². The van der Waals surface area contributed by atoms with Gasteiger partial charge >= 0.3 is 5.97 Å². The van der Waals surface area contributed by atoms with Crippen molar-refractivity contribution in [2.24, 2.45) is 9.98 Å². The first kappa shape index (κ1) is 22.5. The number of halogens is 1. The van der Waals surface area contributed by atoms with Gasteiger partial charge in [-0.25, -0.2) is 4.39 Å². The zero-order chi connectivity index (χ0) is 24.2. The number of nitrogens with one attached hydrogen (secondary N) is 2. The number of anilines is 1. The molecule has 1 atom stereocenters. The Morgan fingerprint density at radius 2 is 1.77 bits per heavy atom. The fourth-order valence-corrected chi connectivity index (χ4v) is 4.33. The number of benzene rings is 3. The molecule has 0 fully saturated rings. The van der Waals surface area contributed by atoms with Crippen molar-refractivity contribution in [3.8, 4) is 0 Å². The Morgan fingerprint density at radius 1 is 1.03 bits per heavy atom. The molecular formula is C28H25FN4O2. The number of nitrogens with zero attached hydrogens (tertiary/aromatic N) is 2. The average Bonchev–Trinajstić information content (AvgIpc) is 3.21. The second-order valence-corrected chi connectivity index (χ2v) is 8.21. The van der Waals surface area contributed by atoms with Gasteiger partial charge in [-0.15, -0.1) is 0 Å². The molecule has 35 heavy (non-hydrogen) atoms. The summed E-state index contributed by atoms with van der Waals surface area (Å²) in [6, 6.07) is 21.8. The third-order valence-electron chi connectivity index (χ3n) is 5.95. The van der Waals surface area contributed by atoms with Crippen LogP contribution in [-0.2, 0) is 16.0 Å². The number of carbonyl (C=O) groups is 1. The van der Waals surface area contributed by atoms with E-state index < -0.39 is 12.0 Å². The molecule has 2 heterocycles. The van der Waals surface area contributed by atoms with Gasteiger partial charge in [0.05, 0.1) is 12.3 Å². The van der Waals surface area contributed by atoms with E-state index in [1.54, 1.807) is 25.1 Å². The zero-order valence-corrected chi connectivity index (χ0v) is 19.3. The van der Waals surface area contributed by atoms with E-state index in [1.165, 1.54) is 6.07 Å². The Hall–Kier alpha value is -4.26. The highest BCUT2D eigenvalue weighted by atomic mass is 19.1. The summed E-state index contributed by atoms with van der Waals surface area (Å²) >= 11 is 0. The van der Waals surface area contributed by atoms with E-state index in [2.05, 4.69) is 21.4 Å². The van der Waals surface area contributed by atoms with Crippen molar-refractivity contribution < 1.29 is 13.9 Å². The van der Waals surface area contributed by atoms with Crippen LogP contribution in [0.5, 0.6) is 0 Å². The first-order valence-corrected chi connectivity index (χ1v) is 11.6. The highest BCUT2D eigenvalue weighted by Crippen LogP contribution is 2.28. The van der Waals surface area contributed by atoms with Crippen molar-refractivity contribution in [2.75, 3.05) is 18.5 Å². The number of hydrogen-bond donors (Lipinski definition) is 2. The van der Waals surface area contributed by atoms with Crippen LogP contribution in [-0.4, -0.2) is 41.7 Å². The van der Waals surface area contributed by atoms with Crippen molar-refractivity contribution in [3.05, 3.63) is 102 Å². The standard InChI is InChI=1S/C28H25FN4O2/c1-2-35-26(34)17-31-28-25(15-18-16-30-23-13-7-4-9-19(18)23)32-27(20-10-3-6-12-22(20)29)21-11-5-8-14-24(21)33-28/h3-14,16,25,30H,2,15,17H2,1H3,(H,31,33)/t25-/m1/s1. The zero-order valence-electron chi connectivity index (χ0n) is 19.3. The van der Waals surface area contributed by atoms with Gasteiger partial charge in [-0.1, -0.05) is 48.5 Å². The van der Waals surface area contributed by atoms with E-state index in [1.807, 2.05) is 48.7 Å². The van der Waals surface area contributed by atoms with Gasteiger partial charge in [-0.05, 0) is 36.8 Å². The van der Waals surface area contributed by atoms with Crippen molar-refractivity contribution in [1.29, 1.82) is 0 Å². The van der Waals surface area contributed by atoms with Crippen LogP contribution in [0.25, 0.3) is 10.9 Å².